The molecule has 2 aromatic rings. The Hall–Kier alpha value is -3.01. The van der Waals surface area contributed by atoms with E-state index in [1.165, 1.54) is 0 Å². The average molecular weight is 382 g/mol. The minimum Gasteiger partial charge on any atom is -0.496 e. The molecule has 28 heavy (non-hydrogen) atoms. The molecule has 1 fully saturated rings. The molecule has 7 nitrogen and oxygen atoms in total. The number of hydrogen-bond acceptors (Lipinski definition) is 5. The van der Waals surface area contributed by atoms with Gasteiger partial charge in [-0.3, -0.25) is 4.68 Å². The van der Waals surface area contributed by atoms with E-state index in [-0.39, 0.29) is 6.09 Å². The van der Waals surface area contributed by atoms with Crippen LogP contribution in [-0.4, -0.2) is 46.6 Å². The van der Waals surface area contributed by atoms with Crippen LogP contribution in [0.1, 0.15) is 26.3 Å². The number of ether oxygens (including phenoxy) is 2. The highest BCUT2D eigenvalue weighted by Gasteiger charge is 2.33. The molecule has 7 heteroatoms. The van der Waals surface area contributed by atoms with Crippen molar-refractivity contribution in [1.29, 1.82) is 5.26 Å². The summed E-state index contributed by atoms with van der Waals surface area (Å²) in [6.45, 7) is 7.72. The monoisotopic (exact) mass is 382 g/mol. The summed E-state index contributed by atoms with van der Waals surface area (Å²) in [4.78, 5) is 13.7. The Balaban J connectivity index is 1.59. The summed E-state index contributed by atoms with van der Waals surface area (Å²) < 4.78 is 12.6. The third kappa shape index (κ3) is 4.63. The lowest BCUT2D eigenvalue weighted by atomic mass is 10.0. The lowest BCUT2D eigenvalue weighted by molar-refractivity contribution is -0.00383. The zero-order chi connectivity index (χ0) is 20.3. The van der Waals surface area contributed by atoms with Crippen molar-refractivity contribution < 1.29 is 14.3 Å². The van der Waals surface area contributed by atoms with Crippen molar-refractivity contribution in [3.8, 4) is 22.9 Å². The molecule has 0 radical (unpaired) electrons. The van der Waals surface area contributed by atoms with Crippen molar-refractivity contribution in [3.63, 3.8) is 0 Å². The summed E-state index contributed by atoms with van der Waals surface area (Å²) >= 11 is 0. The van der Waals surface area contributed by atoms with Gasteiger partial charge in [-0.1, -0.05) is 6.07 Å². The molecule has 148 valence electrons. The maximum absolute atomic E-state index is 12.0. The van der Waals surface area contributed by atoms with Crippen LogP contribution in [0.3, 0.4) is 0 Å². The van der Waals surface area contributed by atoms with Gasteiger partial charge in [0, 0.05) is 42.9 Å². The Morgan fingerprint density at radius 3 is 2.71 bits per heavy atom. The van der Waals surface area contributed by atoms with Crippen molar-refractivity contribution in [2.75, 3.05) is 20.2 Å². The second kappa shape index (κ2) is 7.93. The lowest BCUT2D eigenvalue weighted by Gasteiger charge is -2.39. The summed E-state index contributed by atoms with van der Waals surface area (Å²) in [6.07, 6.45) is 3.86. The second-order valence-electron chi connectivity index (χ2n) is 8.06. The number of benzene rings is 1. The van der Waals surface area contributed by atoms with Gasteiger partial charge in [0.2, 0.25) is 0 Å². The van der Waals surface area contributed by atoms with E-state index in [0.717, 1.165) is 29.0 Å². The number of nitrogens with zero attached hydrogens (tertiary/aromatic N) is 4. The molecule has 1 aromatic carbocycles. The van der Waals surface area contributed by atoms with Crippen LogP contribution >= 0.6 is 0 Å². The Morgan fingerprint density at radius 2 is 2.07 bits per heavy atom. The van der Waals surface area contributed by atoms with E-state index in [1.807, 2.05) is 56.0 Å². The topological polar surface area (TPSA) is 80.4 Å². The van der Waals surface area contributed by atoms with Crippen LogP contribution in [0.25, 0.3) is 11.1 Å². The highest BCUT2D eigenvalue weighted by molar-refractivity contribution is 5.69. The van der Waals surface area contributed by atoms with Crippen LogP contribution in [-0.2, 0) is 17.7 Å². The van der Waals surface area contributed by atoms with Gasteiger partial charge in [0.15, 0.2) is 0 Å². The molecule has 1 aliphatic heterocycles. The van der Waals surface area contributed by atoms with E-state index >= 15 is 0 Å². The van der Waals surface area contributed by atoms with Crippen molar-refractivity contribution >= 4 is 6.09 Å². The minimum absolute atomic E-state index is 0.256. The van der Waals surface area contributed by atoms with Crippen LogP contribution in [0.2, 0.25) is 0 Å². The van der Waals surface area contributed by atoms with E-state index < -0.39 is 5.60 Å². The van der Waals surface area contributed by atoms with Gasteiger partial charge in [-0.15, -0.1) is 0 Å². The fourth-order valence-electron chi connectivity index (χ4n) is 3.22. The highest BCUT2D eigenvalue weighted by Crippen LogP contribution is 2.27. The van der Waals surface area contributed by atoms with Gasteiger partial charge in [0.05, 0.1) is 25.8 Å². The van der Waals surface area contributed by atoms with Crippen LogP contribution in [0.4, 0.5) is 4.79 Å². The fourth-order valence-corrected chi connectivity index (χ4v) is 3.22. The molecule has 0 saturated carbocycles. The zero-order valence-electron chi connectivity index (χ0n) is 16.8. The number of carbonyl (C=O) groups is 1. The highest BCUT2D eigenvalue weighted by atomic mass is 16.6. The summed E-state index contributed by atoms with van der Waals surface area (Å²) in [5.74, 6) is 1.08. The molecule has 1 amide bonds. The number of hydrogen-bond donors (Lipinski definition) is 0. The van der Waals surface area contributed by atoms with Gasteiger partial charge < -0.3 is 14.4 Å². The molecule has 0 N–H and O–H groups in total. The fraction of sp³-hybridized carbons (Fsp3) is 0.476. The molecular weight excluding hydrogens is 356 g/mol. The SMILES string of the molecule is COc1ccc(-c2cnn(CC3CN(C(=O)OC(C)(C)C)C3)c2)cc1CC#N. The maximum Gasteiger partial charge on any atom is 0.410 e. The smallest absolute Gasteiger partial charge is 0.410 e. The summed E-state index contributed by atoms with van der Waals surface area (Å²) in [6, 6.07) is 7.98. The first-order valence-corrected chi connectivity index (χ1v) is 9.33. The number of rotatable bonds is 5. The quantitative estimate of drug-likeness (QED) is 0.791. The van der Waals surface area contributed by atoms with Gasteiger partial charge in [-0.25, -0.2) is 4.79 Å². The zero-order valence-corrected chi connectivity index (χ0v) is 16.8. The molecular formula is C21H26N4O3. The maximum atomic E-state index is 12.0. The Morgan fingerprint density at radius 1 is 1.32 bits per heavy atom. The van der Waals surface area contributed by atoms with E-state index in [0.29, 0.717) is 25.4 Å². The van der Waals surface area contributed by atoms with Crippen molar-refractivity contribution in [2.24, 2.45) is 5.92 Å². The normalized spacial score (nSPS) is 14.3. The predicted octanol–water partition coefficient (Wildman–Crippen LogP) is 3.49. The van der Waals surface area contributed by atoms with Crippen LogP contribution in [0.15, 0.2) is 30.6 Å². The van der Waals surface area contributed by atoms with E-state index in [4.69, 9.17) is 14.7 Å². The molecule has 0 spiro atoms. The number of amides is 1. The third-order valence-electron chi connectivity index (χ3n) is 4.57. The van der Waals surface area contributed by atoms with Crippen molar-refractivity contribution in [3.05, 3.63) is 36.2 Å². The third-order valence-corrected chi connectivity index (χ3v) is 4.57. The number of nitriles is 1. The van der Waals surface area contributed by atoms with Crippen LogP contribution in [0.5, 0.6) is 5.75 Å². The molecule has 1 saturated heterocycles. The van der Waals surface area contributed by atoms with Crippen LogP contribution < -0.4 is 4.74 Å². The Kier molecular flexibility index (Phi) is 5.59. The first kappa shape index (κ1) is 19.7. The van der Waals surface area contributed by atoms with Gasteiger partial charge in [0.1, 0.15) is 11.4 Å². The summed E-state index contributed by atoms with van der Waals surface area (Å²) in [7, 11) is 1.60. The number of methoxy groups -OCH3 is 1. The standard InChI is InChI=1S/C21H26N4O3/c1-21(2,3)28-20(26)24-11-15(12-24)13-25-14-18(10-23-25)16-5-6-19(27-4)17(9-16)7-8-22/h5-6,9-10,14-15H,7,11-13H2,1-4H3. The molecule has 3 rings (SSSR count). The van der Waals surface area contributed by atoms with E-state index in [9.17, 15) is 4.79 Å². The molecule has 0 bridgehead atoms. The van der Waals surface area contributed by atoms with Gasteiger partial charge in [0.25, 0.3) is 0 Å². The van der Waals surface area contributed by atoms with Gasteiger partial charge in [-0.05, 0) is 38.5 Å². The molecule has 1 aliphatic rings. The summed E-state index contributed by atoms with van der Waals surface area (Å²) in [5.41, 5.74) is 2.38. The van der Waals surface area contributed by atoms with E-state index in [1.54, 1.807) is 12.0 Å². The molecule has 1 aromatic heterocycles. The Labute approximate surface area is 165 Å². The van der Waals surface area contributed by atoms with Crippen molar-refractivity contribution in [1.82, 2.24) is 14.7 Å². The molecule has 0 unspecified atom stereocenters. The predicted molar refractivity (Wildman–Crippen MR) is 105 cm³/mol. The number of likely N-dealkylation sites (tertiary alicyclic amines) is 1. The number of carbonyl (C=O) groups excluding carboxylic acids is 1. The van der Waals surface area contributed by atoms with E-state index in [2.05, 4.69) is 11.2 Å². The summed E-state index contributed by atoms with van der Waals surface area (Å²) in [5, 5.41) is 13.4. The molecule has 0 aliphatic carbocycles. The second-order valence-corrected chi connectivity index (χ2v) is 8.06. The Bertz CT molecular complexity index is 886. The van der Waals surface area contributed by atoms with Crippen LogP contribution in [0, 0.1) is 17.2 Å². The first-order chi connectivity index (χ1) is 13.3. The molecule has 0 atom stereocenters. The number of aromatic nitrogens is 2. The lowest BCUT2D eigenvalue weighted by Crippen LogP contribution is -2.52. The van der Waals surface area contributed by atoms with Crippen molar-refractivity contribution in [2.45, 2.75) is 39.3 Å². The first-order valence-electron chi connectivity index (χ1n) is 9.33. The molecule has 2 heterocycles. The van der Waals surface area contributed by atoms with Gasteiger partial charge >= 0.3 is 6.09 Å². The largest absolute Gasteiger partial charge is 0.496 e. The van der Waals surface area contributed by atoms with Gasteiger partial charge in [-0.2, -0.15) is 10.4 Å². The average Bonchev–Trinajstić information content (AvgIpc) is 3.05. The minimum atomic E-state index is -0.470.